The van der Waals surface area contributed by atoms with Crippen molar-refractivity contribution in [2.45, 2.75) is 24.7 Å². The number of hydrogen-bond donors (Lipinski definition) is 2. The lowest BCUT2D eigenvalue weighted by Crippen LogP contribution is -3.12. The molecule has 2 atom stereocenters. The lowest BCUT2D eigenvalue weighted by Gasteiger charge is -2.33. The van der Waals surface area contributed by atoms with Crippen LogP contribution >= 0.6 is 11.6 Å². The second-order valence-corrected chi connectivity index (χ2v) is 8.35. The highest BCUT2D eigenvalue weighted by Gasteiger charge is 2.48. The minimum absolute atomic E-state index is 0.0131. The van der Waals surface area contributed by atoms with E-state index >= 15 is 0 Å². The standard InChI is InChI=1S/C20H23ClF3N5O2/c1-27-7-9-28(10-8-27)19(30)17-16(21)18-25-14(12-3-5-13(31-2)6-4-12)11-15(20(22,23)24)29(18)26-17/h3-6,14-15,25H,7-11H2,1-2H3/p+1/t14-,15+/m1/s1. The highest BCUT2D eigenvalue weighted by molar-refractivity contribution is 6.36. The Bertz CT molecular complexity index is 955. The van der Waals surface area contributed by atoms with E-state index in [-0.39, 0.29) is 23.0 Å². The van der Waals surface area contributed by atoms with Crippen molar-refractivity contribution in [2.24, 2.45) is 0 Å². The number of hydrogen-bond acceptors (Lipinski definition) is 4. The fourth-order valence-corrected chi connectivity index (χ4v) is 4.28. The highest BCUT2D eigenvalue weighted by atomic mass is 35.5. The van der Waals surface area contributed by atoms with Gasteiger partial charge in [0.1, 0.15) is 16.6 Å². The summed E-state index contributed by atoms with van der Waals surface area (Å²) >= 11 is 6.41. The van der Waals surface area contributed by atoms with E-state index in [0.717, 1.165) is 17.8 Å². The Labute approximate surface area is 182 Å². The molecule has 2 N–H and O–H groups in total. The molecule has 0 unspecified atom stereocenters. The largest absolute Gasteiger partial charge is 0.497 e. The van der Waals surface area contributed by atoms with E-state index in [2.05, 4.69) is 10.4 Å². The molecule has 1 fully saturated rings. The van der Waals surface area contributed by atoms with E-state index in [9.17, 15) is 18.0 Å². The Morgan fingerprint density at radius 2 is 1.90 bits per heavy atom. The Hall–Kier alpha value is -2.46. The van der Waals surface area contributed by atoms with Gasteiger partial charge in [-0.3, -0.25) is 4.79 Å². The number of alkyl halides is 3. The van der Waals surface area contributed by atoms with Crippen molar-refractivity contribution < 1.29 is 27.6 Å². The Balaban J connectivity index is 1.68. The number of nitrogens with one attached hydrogen (secondary N) is 2. The number of quaternary nitrogens is 1. The van der Waals surface area contributed by atoms with Crippen LogP contribution in [0.5, 0.6) is 5.75 Å². The summed E-state index contributed by atoms with van der Waals surface area (Å²) in [5.74, 6) is 0.180. The van der Waals surface area contributed by atoms with Gasteiger partial charge in [-0.2, -0.15) is 18.3 Å². The third-order valence-corrected chi connectivity index (χ3v) is 6.28. The topological polar surface area (TPSA) is 63.8 Å². The number of likely N-dealkylation sites (N-methyl/N-ethyl adjacent to an activating group) is 1. The molecule has 7 nitrogen and oxygen atoms in total. The molecular formula is C20H24ClF3N5O2+. The molecule has 0 aliphatic carbocycles. The molecule has 0 bridgehead atoms. The van der Waals surface area contributed by atoms with Crippen LogP contribution in [0.3, 0.4) is 0 Å². The average molecular weight is 459 g/mol. The number of piperazine rings is 1. The highest BCUT2D eigenvalue weighted by Crippen LogP contribution is 2.46. The van der Waals surface area contributed by atoms with Crippen molar-refractivity contribution in [3.63, 3.8) is 0 Å². The van der Waals surface area contributed by atoms with E-state index in [1.54, 1.807) is 29.2 Å². The van der Waals surface area contributed by atoms with Gasteiger partial charge in [0.15, 0.2) is 11.7 Å². The van der Waals surface area contributed by atoms with E-state index in [1.807, 2.05) is 7.05 Å². The number of methoxy groups -OCH3 is 1. The molecule has 3 heterocycles. The van der Waals surface area contributed by atoms with Gasteiger partial charge >= 0.3 is 6.18 Å². The van der Waals surface area contributed by atoms with Crippen LogP contribution in [0.25, 0.3) is 0 Å². The van der Waals surface area contributed by atoms with Crippen LogP contribution in [-0.2, 0) is 0 Å². The van der Waals surface area contributed by atoms with Gasteiger partial charge in [0.05, 0.1) is 46.4 Å². The molecule has 1 saturated heterocycles. The lowest BCUT2D eigenvalue weighted by atomic mass is 9.97. The van der Waals surface area contributed by atoms with E-state index < -0.39 is 24.2 Å². The molecule has 31 heavy (non-hydrogen) atoms. The third kappa shape index (κ3) is 4.18. The summed E-state index contributed by atoms with van der Waals surface area (Å²) in [6.07, 6.45) is -4.82. The molecule has 4 rings (SSSR count). The normalized spacial score (nSPS) is 22.1. The molecule has 1 amide bonds. The number of fused-ring (bicyclic) bond motifs is 1. The summed E-state index contributed by atoms with van der Waals surface area (Å²) in [6.45, 7) is 2.54. The minimum Gasteiger partial charge on any atom is -0.497 e. The van der Waals surface area contributed by atoms with Crippen LogP contribution in [0.2, 0.25) is 5.02 Å². The number of aromatic nitrogens is 2. The number of carbonyl (C=O) groups is 1. The molecule has 168 valence electrons. The van der Waals surface area contributed by atoms with Gasteiger partial charge in [0.25, 0.3) is 5.91 Å². The average Bonchev–Trinajstić information content (AvgIpc) is 3.09. The molecule has 2 aliphatic heterocycles. The fraction of sp³-hybridized carbons (Fsp3) is 0.500. The molecule has 1 aromatic heterocycles. The van der Waals surface area contributed by atoms with Crippen molar-refractivity contribution in [2.75, 3.05) is 45.7 Å². The Kier molecular flexibility index (Phi) is 5.78. The van der Waals surface area contributed by atoms with Crippen LogP contribution in [-0.4, -0.2) is 67.1 Å². The first kappa shape index (κ1) is 21.8. The number of benzene rings is 1. The summed E-state index contributed by atoms with van der Waals surface area (Å²) in [7, 11) is 3.55. The zero-order valence-electron chi connectivity index (χ0n) is 17.2. The van der Waals surface area contributed by atoms with Crippen molar-refractivity contribution in [3.05, 3.63) is 40.5 Å². The van der Waals surface area contributed by atoms with Crippen molar-refractivity contribution >= 4 is 23.3 Å². The summed E-state index contributed by atoms with van der Waals surface area (Å²) in [6, 6.07) is 4.26. The minimum atomic E-state index is -4.55. The zero-order valence-corrected chi connectivity index (χ0v) is 17.9. The fourth-order valence-electron chi connectivity index (χ4n) is 4.02. The molecule has 2 aromatic rings. The molecule has 1 aromatic carbocycles. The Morgan fingerprint density at radius 3 is 2.48 bits per heavy atom. The van der Waals surface area contributed by atoms with Crippen molar-refractivity contribution in [1.82, 2.24) is 14.7 Å². The van der Waals surface area contributed by atoms with E-state index in [0.29, 0.717) is 24.4 Å². The number of amides is 1. The SMILES string of the molecule is COc1ccc([C@H]2C[C@@H](C(F)(F)F)n3nc(C(=O)N4CC[NH+](C)CC4)c(Cl)c3N2)cc1. The summed E-state index contributed by atoms with van der Waals surface area (Å²) in [5, 5.41) is 7.01. The van der Waals surface area contributed by atoms with Crippen LogP contribution < -0.4 is 15.0 Å². The van der Waals surface area contributed by atoms with Crippen LogP contribution in [0.15, 0.2) is 24.3 Å². The first-order valence-corrected chi connectivity index (χ1v) is 10.4. The molecule has 0 spiro atoms. The maximum Gasteiger partial charge on any atom is 0.410 e. The second kappa shape index (κ2) is 8.23. The first-order chi connectivity index (χ1) is 14.7. The first-order valence-electron chi connectivity index (χ1n) is 10.0. The number of carbonyl (C=O) groups excluding carboxylic acids is 1. The molecular weight excluding hydrogens is 435 g/mol. The van der Waals surface area contributed by atoms with Crippen molar-refractivity contribution in [3.8, 4) is 5.75 Å². The Morgan fingerprint density at radius 1 is 1.26 bits per heavy atom. The lowest BCUT2D eigenvalue weighted by molar-refractivity contribution is -0.883. The zero-order chi connectivity index (χ0) is 22.3. The van der Waals surface area contributed by atoms with Crippen LogP contribution in [0.1, 0.15) is 34.6 Å². The maximum atomic E-state index is 13.9. The molecule has 0 saturated carbocycles. The number of nitrogens with zero attached hydrogens (tertiary/aromatic N) is 3. The summed E-state index contributed by atoms with van der Waals surface area (Å²) in [4.78, 5) is 15.8. The predicted molar refractivity (Wildman–Crippen MR) is 109 cm³/mol. The van der Waals surface area contributed by atoms with E-state index in [4.69, 9.17) is 16.3 Å². The monoisotopic (exact) mass is 458 g/mol. The number of halogens is 4. The smallest absolute Gasteiger partial charge is 0.410 e. The van der Waals surface area contributed by atoms with Crippen molar-refractivity contribution in [1.29, 1.82) is 0 Å². The quantitative estimate of drug-likeness (QED) is 0.740. The number of ether oxygens (including phenoxy) is 1. The van der Waals surface area contributed by atoms with Crippen LogP contribution in [0.4, 0.5) is 19.0 Å². The van der Waals surface area contributed by atoms with Gasteiger partial charge in [-0.1, -0.05) is 23.7 Å². The third-order valence-electron chi connectivity index (χ3n) is 5.92. The second-order valence-electron chi connectivity index (χ2n) is 7.97. The summed E-state index contributed by atoms with van der Waals surface area (Å²) in [5.41, 5.74) is 0.516. The van der Waals surface area contributed by atoms with Gasteiger partial charge in [0.2, 0.25) is 0 Å². The van der Waals surface area contributed by atoms with Gasteiger partial charge < -0.3 is 19.9 Å². The molecule has 2 aliphatic rings. The van der Waals surface area contributed by atoms with Crippen LogP contribution in [0, 0.1) is 0 Å². The van der Waals surface area contributed by atoms with Gasteiger partial charge in [-0.25, -0.2) is 4.68 Å². The van der Waals surface area contributed by atoms with Gasteiger partial charge in [-0.05, 0) is 17.7 Å². The maximum absolute atomic E-state index is 13.9. The van der Waals surface area contributed by atoms with Gasteiger partial charge in [0, 0.05) is 6.42 Å². The molecule has 11 heteroatoms. The van der Waals surface area contributed by atoms with E-state index in [1.165, 1.54) is 12.0 Å². The number of rotatable bonds is 3. The molecule has 0 radical (unpaired) electrons. The summed E-state index contributed by atoms with van der Waals surface area (Å²) < 4.78 is 47.7. The predicted octanol–water partition coefficient (Wildman–Crippen LogP) is 2.18. The number of anilines is 1. The van der Waals surface area contributed by atoms with Gasteiger partial charge in [-0.15, -0.1) is 0 Å².